The van der Waals surface area contributed by atoms with Gasteiger partial charge in [-0.15, -0.1) is 0 Å². The van der Waals surface area contributed by atoms with Crippen LogP contribution in [-0.2, 0) is 10.3 Å². The third-order valence-corrected chi connectivity index (χ3v) is 4.24. The van der Waals surface area contributed by atoms with Crippen LogP contribution in [0.3, 0.4) is 0 Å². The number of ether oxygens (including phenoxy) is 1. The zero-order valence-corrected chi connectivity index (χ0v) is 12.1. The van der Waals surface area contributed by atoms with E-state index in [1.807, 2.05) is 12.3 Å². The number of Topliss-reactive ketones (excluding diaryl/α,β-unsaturated/α-hetero) is 1. The lowest BCUT2D eigenvalue weighted by Crippen LogP contribution is -2.39. The fraction of sp³-hybridized carbons (Fsp3) is 0.462. The molecule has 0 spiro atoms. The highest BCUT2D eigenvalue weighted by Gasteiger charge is 2.43. The first-order valence-corrected chi connectivity index (χ1v) is 7.45. The maximum Gasteiger partial charge on any atom is 0.220 e. The number of hydrogen-bond acceptors (Lipinski definition) is 5. The van der Waals surface area contributed by atoms with Crippen LogP contribution in [0.15, 0.2) is 18.3 Å². The standard InChI is InChI=1S/C13H15NO2S2/c1-9(15)10-4-5-11(14-8-10)13(6-3-7-13)16-12(17)18-2/h4-5,8H,3,6-7H2,1-2H3. The first-order chi connectivity index (χ1) is 8.57. The molecule has 18 heavy (non-hydrogen) atoms. The molecule has 0 N–H and O–H groups in total. The third-order valence-electron chi connectivity index (χ3n) is 3.24. The summed E-state index contributed by atoms with van der Waals surface area (Å²) < 4.78 is 6.40. The number of aromatic nitrogens is 1. The van der Waals surface area contributed by atoms with Gasteiger partial charge in [-0.05, 0) is 56.8 Å². The van der Waals surface area contributed by atoms with Crippen molar-refractivity contribution in [2.45, 2.75) is 31.8 Å². The first-order valence-electron chi connectivity index (χ1n) is 5.82. The monoisotopic (exact) mass is 281 g/mol. The highest BCUT2D eigenvalue weighted by Crippen LogP contribution is 2.44. The SMILES string of the molecule is CSC(=S)OC1(c2ccc(C(C)=O)cn2)CCC1. The highest BCUT2D eigenvalue weighted by atomic mass is 32.2. The van der Waals surface area contributed by atoms with Crippen LogP contribution in [0.25, 0.3) is 0 Å². The van der Waals surface area contributed by atoms with Crippen LogP contribution in [-0.4, -0.2) is 21.4 Å². The van der Waals surface area contributed by atoms with Crippen molar-refractivity contribution in [3.05, 3.63) is 29.6 Å². The molecule has 0 aliphatic heterocycles. The van der Waals surface area contributed by atoms with Gasteiger partial charge in [0.05, 0.1) is 5.69 Å². The van der Waals surface area contributed by atoms with Gasteiger partial charge in [0.25, 0.3) is 0 Å². The predicted molar refractivity (Wildman–Crippen MR) is 77.0 cm³/mol. The van der Waals surface area contributed by atoms with Gasteiger partial charge in [0.15, 0.2) is 11.4 Å². The fourth-order valence-corrected chi connectivity index (χ4v) is 2.38. The molecule has 96 valence electrons. The van der Waals surface area contributed by atoms with Gasteiger partial charge in [0, 0.05) is 11.8 Å². The van der Waals surface area contributed by atoms with Crippen LogP contribution in [0.5, 0.6) is 0 Å². The fourth-order valence-electron chi connectivity index (χ4n) is 1.98. The summed E-state index contributed by atoms with van der Waals surface area (Å²) in [6.45, 7) is 1.54. The zero-order chi connectivity index (χ0) is 13.2. The Morgan fingerprint density at radius 2 is 2.22 bits per heavy atom. The van der Waals surface area contributed by atoms with Crippen molar-refractivity contribution in [3.63, 3.8) is 0 Å². The maximum absolute atomic E-state index is 11.2. The van der Waals surface area contributed by atoms with Crippen molar-refractivity contribution in [3.8, 4) is 0 Å². The van der Waals surface area contributed by atoms with Crippen molar-refractivity contribution in [2.75, 3.05) is 6.26 Å². The van der Waals surface area contributed by atoms with E-state index in [0.29, 0.717) is 9.95 Å². The Kier molecular flexibility index (Phi) is 4.02. The molecule has 0 saturated heterocycles. The Bertz CT molecular complexity index is 466. The second-order valence-corrected chi connectivity index (χ2v) is 5.80. The Balaban J connectivity index is 2.22. The number of carbonyl (C=O) groups is 1. The first kappa shape index (κ1) is 13.5. The lowest BCUT2D eigenvalue weighted by Gasteiger charge is -2.41. The molecular formula is C13H15NO2S2. The molecule has 1 fully saturated rings. The molecule has 1 aromatic rings. The van der Waals surface area contributed by atoms with Crippen LogP contribution in [0, 0.1) is 0 Å². The Hall–Kier alpha value is -0.940. The second kappa shape index (κ2) is 5.36. The Morgan fingerprint density at radius 1 is 1.50 bits per heavy atom. The third kappa shape index (κ3) is 2.57. The molecule has 3 nitrogen and oxygen atoms in total. The zero-order valence-electron chi connectivity index (χ0n) is 10.4. The maximum atomic E-state index is 11.2. The Morgan fingerprint density at radius 3 is 2.61 bits per heavy atom. The van der Waals surface area contributed by atoms with Crippen LogP contribution in [0.2, 0.25) is 0 Å². The molecule has 0 radical (unpaired) electrons. The van der Waals surface area contributed by atoms with Crippen LogP contribution in [0.1, 0.15) is 42.2 Å². The minimum atomic E-state index is -0.366. The number of hydrogen-bond donors (Lipinski definition) is 0. The normalized spacial score (nSPS) is 16.8. The molecule has 1 aliphatic rings. The molecule has 0 aromatic carbocycles. The van der Waals surface area contributed by atoms with Gasteiger partial charge in [-0.25, -0.2) is 0 Å². The molecule has 0 unspecified atom stereocenters. The summed E-state index contributed by atoms with van der Waals surface area (Å²) in [7, 11) is 0. The number of thiocarbonyl (C=S) groups is 1. The van der Waals surface area contributed by atoms with Crippen molar-refractivity contribution in [1.29, 1.82) is 0 Å². The lowest BCUT2D eigenvalue weighted by atomic mass is 9.77. The van der Waals surface area contributed by atoms with E-state index in [9.17, 15) is 4.79 Å². The van der Waals surface area contributed by atoms with Gasteiger partial charge in [-0.1, -0.05) is 11.8 Å². The summed E-state index contributed by atoms with van der Waals surface area (Å²) in [5.74, 6) is 0.0252. The van der Waals surface area contributed by atoms with Crippen molar-refractivity contribution in [1.82, 2.24) is 4.98 Å². The van der Waals surface area contributed by atoms with Crippen LogP contribution < -0.4 is 0 Å². The van der Waals surface area contributed by atoms with Crippen molar-refractivity contribution < 1.29 is 9.53 Å². The van der Waals surface area contributed by atoms with Gasteiger partial charge >= 0.3 is 0 Å². The molecule has 0 atom stereocenters. The molecule has 0 bridgehead atoms. The topological polar surface area (TPSA) is 39.2 Å². The smallest absolute Gasteiger partial charge is 0.220 e. The minimum Gasteiger partial charge on any atom is -0.465 e. The Labute approximate surface area is 116 Å². The predicted octanol–water partition coefficient (Wildman–Crippen LogP) is 3.33. The molecular weight excluding hydrogens is 266 g/mol. The van der Waals surface area contributed by atoms with E-state index in [2.05, 4.69) is 4.98 Å². The lowest BCUT2D eigenvalue weighted by molar-refractivity contribution is -0.0215. The molecule has 1 saturated carbocycles. The summed E-state index contributed by atoms with van der Waals surface area (Å²) >= 11 is 6.56. The molecule has 1 heterocycles. The second-order valence-electron chi connectivity index (χ2n) is 4.39. The van der Waals surface area contributed by atoms with E-state index in [4.69, 9.17) is 17.0 Å². The molecule has 0 amide bonds. The van der Waals surface area contributed by atoms with E-state index in [1.54, 1.807) is 12.3 Å². The number of thioether (sulfide) groups is 1. The summed E-state index contributed by atoms with van der Waals surface area (Å²) in [6.07, 6.45) is 6.50. The van der Waals surface area contributed by atoms with Crippen LogP contribution >= 0.6 is 24.0 Å². The van der Waals surface area contributed by atoms with Gasteiger partial charge < -0.3 is 4.74 Å². The average molecular weight is 281 g/mol. The number of rotatable bonds is 3. The van der Waals surface area contributed by atoms with E-state index in [1.165, 1.54) is 18.7 Å². The number of nitrogens with zero attached hydrogens (tertiary/aromatic N) is 1. The van der Waals surface area contributed by atoms with Gasteiger partial charge in [-0.2, -0.15) is 0 Å². The van der Waals surface area contributed by atoms with Crippen LogP contribution in [0.4, 0.5) is 0 Å². The number of ketones is 1. The van der Waals surface area contributed by atoms with Crippen molar-refractivity contribution >= 4 is 34.1 Å². The van der Waals surface area contributed by atoms with Crippen molar-refractivity contribution in [2.24, 2.45) is 0 Å². The molecule has 1 aliphatic carbocycles. The highest BCUT2D eigenvalue weighted by molar-refractivity contribution is 8.22. The summed E-state index contributed by atoms with van der Waals surface area (Å²) in [6, 6.07) is 3.68. The van der Waals surface area contributed by atoms with E-state index >= 15 is 0 Å². The molecule has 2 rings (SSSR count). The summed E-state index contributed by atoms with van der Waals surface area (Å²) in [5.41, 5.74) is 1.13. The number of carbonyl (C=O) groups excluding carboxylic acids is 1. The quantitative estimate of drug-likeness (QED) is 0.628. The van der Waals surface area contributed by atoms with Gasteiger partial charge in [0.1, 0.15) is 0 Å². The largest absolute Gasteiger partial charge is 0.465 e. The molecule has 1 aromatic heterocycles. The summed E-state index contributed by atoms with van der Waals surface area (Å²) in [5, 5.41) is 0. The average Bonchev–Trinajstić information content (AvgIpc) is 2.33. The van der Waals surface area contributed by atoms with E-state index in [-0.39, 0.29) is 11.4 Å². The van der Waals surface area contributed by atoms with E-state index < -0.39 is 0 Å². The van der Waals surface area contributed by atoms with Gasteiger partial charge in [0.2, 0.25) is 4.38 Å². The minimum absolute atomic E-state index is 0.0252. The summed E-state index contributed by atoms with van der Waals surface area (Å²) in [4.78, 5) is 15.6. The number of pyridine rings is 1. The van der Waals surface area contributed by atoms with Gasteiger partial charge in [-0.3, -0.25) is 9.78 Å². The van der Waals surface area contributed by atoms with E-state index in [0.717, 1.165) is 25.0 Å². The molecule has 5 heteroatoms.